The summed E-state index contributed by atoms with van der Waals surface area (Å²) in [5.41, 5.74) is 0. The molecule has 1 heterocycles. The molecule has 1 amide bonds. The van der Waals surface area contributed by atoms with Gasteiger partial charge in [0.1, 0.15) is 0 Å². The molecule has 0 aromatic rings. The zero-order valence-electron chi connectivity index (χ0n) is 7.55. The summed E-state index contributed by atoms with van der Waals surface area (Å²) in [7, 11) is 0. The molecule has 1 saturated carbocycles. The molecular formula is C9H16N2O. The van der Waals surface area contributed by atoms with Gasteiger partial charge in [-0.2, -0.15) is 0 Å². The number of rotatable bonds is 3. The molecule has 1 saturated heterocycles. The van der Waals surface area contributed by atoms with Crippen LogP contribution in [-0.4, -0.2) is 29.6 Å². The summed E-state index contributed by atoms with van der Waals surface area (Å²) in [5.74, 6) is 0.333. The Morgan fingerprint density at radius 3 is 2.92 bits per heavy atom. The Hall–Kier alpha value is -0.570. The van der Waals surface area contributed by atoms with Crippen molar-refractivity contribution in [1.29, 1.82) is 0 Å². The lowest BCUT2D eigenvalue weighted by molar-refractivity contribution is -0.129. The molecular weight excluding hydrogens is 152 g/mol. The van der Waals surface area contributed by atoms with Crippen LogP contribution in [0.5, 0.6) is 0 Å². The highest BCUT2D eigenvalue weighted by Gasteiger charge is 2.39. The van der Waals surface area contributed by atoms with E-state index in [1.165, 1.54) is 12.8 Å². The van der Waals surface area contributed by atoms with Crippen LogP contribution in [0.15, 0.2) is 0 Å². The molecule has 68 valence electrons. The lowest BCUT2D eigenvalue weighted by Crippen LogP contribution is -2.31. The van der Waals surface area contributed by atoms with Gasteiger partial charge in [0.15, 0.2) is 0 Å². The van der Waals surface area contributed by atoms with E-state index >= 15 is 0 Å². The predicted octanol–water partition coefficient (Wildman–Crippen LogP) is 0.707. The zero-order chi connectivity index (χ0) is 8.55. The molecule has 1 unspecified atom stereocenters. The number of carbonyl (C=O) groups is 1. The third-order valence-corrected chi connectivity index (χ3v) is 2.65. The Bertz CT molecular complexity index is 189. The maximum atomic E-state index is 11.6. The van der Waals surface area contributed by atoms with Gasteiger partial charge in [-0.25, -0.2) is 0 Å². The van der Waals surface area contributed by atoms with Crippen LogP contribution in [-0.2, 0) is 4.79 Å². The first-order valence-electron chi connectivity index (χ1n) is 4.86. The first-order valence-corrected chi connectivity index (χ1v) is 4.86. The molecule has 2 rings (SSSR count). The zero-order valence-corrected chi connectivity index (χ0v) is 7.55. The summed E-state index contributed by atoms with van der Waals surface area (Å²) >= 11 is 0. The molecule has 0 aromatic heterocycles. The molecule has 0 aromatic carbocycles. The second-order valence-electron chi connectivity index (χ2n) is 3.74. The molecule has 3 nitrogen and oxygen atoms in total. The number of nitrogens with zero attached hydrogens (tertiary/aromatic N) is 1. The highest BCUT2D eigenvalue weighted by molar-refractivity contribution is 5.84. The van der Waals surface area contributed by atoms with E-state index in [2.05, 4.69) is 12.2 Å². The normalized spacial score (nSPS) is 29.9. The van der Waals surface area contributed by atoms with E-state index in [0.29, 0.717) is 11.9 Å². The topological polar surface area (TPSA) is 32.3 Å². The fourth-order valence-electron chi connectivity index (χ4n) is 1.78. The molecule has 1 atom stereocenters. The van der Waals surface area contributed by atoms with Crippen molar-refractivity contribution < 1.29 is 4.79 Å². The van der Waals surface area contributed by atoms with E-state index in [4.69, 9.17) is 0 Å². The Kier molecular flexibility index (Phi) is 2.05. The van der Waals surface area contributed by atoms with Gasteiger partial charge in [0, 0.05) is 6.04 Å². The minimum atomic E-state index is 0.121. The van der Waals surface area contributed by atoms with Crippen molar-refractivity contribution in [2.45, 2.75) is 44.7 Å². The van der Waals surface area contributed by atoms with Crippen LogP contribution < -0.4 is 5.32 Å². The SMILES string of the molecule is CCCC1NCN(C2CC2)C1=O. The van der Waals surface area contributed by atoms with Crippen LogP contribution in [0.1, 0.15) is 32.6 Å². The van der Waals surface area contributed by atoms with Gasteiger partial charge in [-0.3, -0.25) is 10.1 Å². The van der Waals surface area contributed by atoms with Crippen molar-refractivity contribution in [2.24, 2.45) is 0 Å². The minimum Gasteiger partial charge on any atom is -0.326 e. The Labute approximate surface area is 73.1 Å². The summed E-state index contributed by atoms with van der Waals surface area (Å²) in [6, 6.07) is 0.697. The van der Waals surface area contributed by atoms with Crippen LogP contribution in [0.25, 0.3) is 0 Å². The molecule has 2 aliphatic rings. The molecule has 12 heavy (non-hydrogen) atoms. The molecule has 0 radical (unpaired) electrons. The molecule has 2 fully saturated rings. The van der Waals surface area contributed by atoms with Crippen LogP contribution >= 0.6 is 0 Å². The number of nitrogens with one attached hydrogen (secondary N) is 1. The van der Waals surface area contributed by atoms with Gasteiger partial charge >= 0.3 is 0 Å². The number of hydrogen-bond acceptors (Lipinski definition) is 2. The molecule has 0 bridgehead atoms. The van der Waals surface area contributed by atoms with Crippen LogP contribution in [0.2, 0.25) is 0 Å². The van der Waals surface area contributed by atoms with Crippen molar-refractivity contribution in [3.05, 3.63) is 0 Å². The molecule has 1 aliphatic carbocycles. The van der Waals surface area contributed by atoms with E-state index in [-0.39, 0.29) is 6.04 Å². The van der Waals surface area contributed by atoms with Crippen LogP contribution in [0.4, 0.5) is 0 Å². The van der Waals surface area contributed by atoms with Gasteiger partial charge in [0.25, 0.3) is 0 Å². The maximum absolute atomic E-state index is 11.6. The quantitative estimate of drug-likeness (QED) is 0.673. The Morgan fingerprint density at radius 2 is 2.33 bits per heavy atom. The Balaban J connectivity index is 1.91. The monoisotopic (exact) mass is 168 g/mol. The van der Waals surface area contributed by atoms with Crippen LogP contribution in [0, 0.1) is 0 Å². The van der Waals surface area contributed by atoms with E-state index in [9.17, 15) is 4.79 Å². The van der Waals surface area contributed by atoms with E-state index in [1.807, 2.05) is 4.90 Å². The fraction of sp³-hybridized carbons (Fsp3) is 0.889. The summed E-state index contributed by atoms with van der Waals surface area (Å²) in [6.45, 7) is 2.91. The van der Waals surface area contributed by atoms with Gasteiger partial charge in [0.05, 0.1) is 12.7 Å². The number of carbonyl (C=O) groups excluding carboxylic acids is 1. The van der Waals surface area contributed by atoms with Gasteiger partial charge in [-0.15, -0.1) is 0 Å². The summed E-state index contributed by atoms with van der Waals surface area (Å²) in [5, 5.41) is 3.26. The average Bonchev–Trinajstić information content (AvgIpc) is 2.82. The highest BCUT2D eigenvalue weighted by atomic mass is 16.2. The first-order chi connectivity index (χ1) is 5.83. The molecule has 1 N–H and O–H groups in total. The van der Waals surface area contributed by atoms with Crippen molar-refractivity contribution in [2.75, 3.05) is 6.67 Å². The largest absolute Gasteiger partial charge is 0.326 e. The summed E-state index contributed by atoms with van der Waals surface area (Å²) < 4.78 is 0. The van der Waals surface area contributed by atoms with E-state index < -0.39 is 0 Å². The lowest BCUT2D eigenvalue weighted by atomic mass is 10.2. The number of hydrogen-bond donors (Lipinski definition) is 1. The second-order valence-corrected chi connectivity index (χ2v) is 3.74. The van der Waals surface area contributed by atoms with E-state index in [1.54, 1.807) is 0 Å². The van der Waals surface area contributed by atoms with Crippen molar-refractivity contribution in [3.63, 3.8) is 0 Å². The highest BCUT2D eigenvalue weighted by Crippen LogP contribution is 2.29. The molecule has 1 aliphatic heterocycles. The molecule has 0 spiro atoms. The smallest absolute Gasteiger partial charge is 0.241 e. The average molecular weight is 168 g/mol. The number of amides is 1. The second kappa shape index (κ2) is 3.05. The first kappa shape index (κ1) is 8.05. The fourth-order valence-corrected chi connectivity index (χ4v) is 1.78. The van der Waals surface area contributed by atoms with Crippen molar-refractivity contribution >= 4 is 5.91 Å². The third-order valence-electron chi connectivity index (χ3n) is 2.65. The maximum Gasteiger partial charge on any atom is 0.241 e. The summed E-state index contributed by atoms with van der Waals surface area (Å²) in [6.07, 6.45) is 4.50. The third kappa shape index (κ3) is 1.33. The summed E-state index contributed by atoms with van der Waals surface area (Å²) in [4.78, 5) is 13.6. The predicted molar refractivity (Wildman–Crippen MR) is 46.6 cm³/mol. The lowest BCUT2D eigenvalue weighted by Gasteiger charge is -2.13. The van der Waals surface area contributed by atoms with Gasteiger partial charge in [-0.1, -0.05) is 13.3 Å². The van der Waals surface area contributed by atoms with E-state index in [0.717, 1.165) is 19.5 Å². The minimum absolute atomic E-state index is 0.121. The van der Waals surface area contributed by atoms with Crippen LogP contribution in [0.3, 0.4) is 0 Å². The van der Waals surface area contributed by atoms with Gasteiger partial charge in [0.2, 0.25) is 5.91 Å². The van der Waals surface area contributed by atoms with Crippen molar-refractivity contribution in [1.82, 2.24) is 10.2 Å². The van der Waals surface area contributed by atoms with Gasteiger partial charge in [-0.05, 0) is 19.3 Å². The van der Waals surface area contributed by atoms with Gasteiger partial charge < -0.3 is 4.90 Å². The standard InChI is InChI=1S/C9H16N2O/c1-2-3-8-9(12)11(6-10-8)7-4-5-7/h7-8,10H,2-6H2,1H3. The van der Waals surface area contributed by atoms with Crippen molar-refractivity contribution in [3.8, 4) is 0 Å². The Morgan fingerprint density at radius 1 is 1.58 bits per heavy atom. The molecule has 3 heteroatoms.